The Hall–Kier alpha value is -6.47. The average Bonchev–Trinajstić information content (AvgIpc) is 1.58. The van der Waals surface area contributed by atoms with Crippen LogP contribution in [0.4, 0.5) is 17.2 Å². The number of nitrogens with two attached hydrogens (primary N) is 1. The number of rotatable bonds is 38. The van der Waals surface area contributed by atoms with E-state index in [0.29, 0.717) is 55.8 Å². The summed E-state index contributed by atoms with van der Waals surface area (Å²) >= 11 is 0. The standard InChI is InChI=1S/C65H81N10O19P3/c1-64(2)56(72(26-12-28-76)52-24-22-46-14-5-7-16-48(46)59(52)64)20-11-21-57-65(3,4)60-49-17-8-6-15-47(49)23-25-53(60)73(57)27-13-29-88-95(77,78)89-40-38-86-36-34-84-32-30-83-31-33-85-35-37-87-39-41-90-96(79,80)93-54-42-58(74-45-69-61-62(66)67-44-68-63(61)74)92-55(54)43-91-97(81,82)94-75-51-19-10-9-18-50(51)70-71-75/h5-11,14-25,44-45,54-55,58,76H,12-13,26-43H2,1-4H3,(H4-,66,67,68,77,78,79,80,81,82)/p+1/t54-,55+,58+/m0/s1. The summed E-state index contributed by atoms with van der Waals surface area (Å²) < 4.78 is 82.6. The molecule has 8 aromatic rings. The smallest absolute Gasteiger partial charge is 0.472 e. The van der Waals surface area contributed by atoms with E-state index >= 15 is 0 Å². The number of aliphatic hydroxyl groups excluding tert-OH is 1. The molecule has 0 saturated carbocycles. The van der Waals surface area contributed by atoms with Gasteiger partial charge < -0.3 is 58.8 Å². The molecule has 0 aliphatic carbocycles. The Balaban J connectivity index is 0.546. The third kappa shape index (κ3) is 17.4. The average molecular weight is 1400 g/mol. The summed E-state index contributed by atoms with van der Waals surface area (Å²) in [6.07, 6.45) is 6.81. The number of anilines is 2. The van der Waals surface area contributed by atoms with E-state index in [-0.39, 0.29) is 102 Å². The molecule has 11 rings (SSSR count). The van der Waals surface area contributed by atoms with Crippen LogP contribution in [0.5, 0.6) is 0 Å². The Morgan fingerprint density at radius 1 is 0.732 bits per heavy atom. The highest BCUT2D eigenvalue weighted by molar-refractivity contribution is 7.53. The van der Waals surface area contributed by atoms with Gasteiger partial charge in [-0.1, -0.05) is 86.7 Å². The minimum absolute atomic E-state index is 0.0217. The summed E-state index contributed by atoms with van der Waals surface area (Å²) in [5, 5.41) is 22.3. The Morgan fingerprint density at radius 3 is 2.06 bits per heavy atom. The van der Waals surface area contributed by atoms with E-state index < -0.39 is 54.6 Å². The van der Waals surface area contributed by atoms with Gasteiger partial charge in [-0.05, 0) is 87.8 Å². The predicted molar refractivity (Wildman–Crippen MR) is 358 cm³/mol. The lowest BCUT2D eigenvalue weighted by Gasteiger charge is -2.27. The number of hydrogen-bond acceptors (Lipinski definition) is 25. The van der Waals surface area contributed by atoms with Gasteiger partial charge in [0.05, 0.1) is 84.4 Å². The van der Waals surface area contributed by atoms with Crippen molar-refractivity contribution in [3.05, 3.63) is 145 Å². The highest BCUT2D eigenvalue weighted by atomic mass is 31.2. The predicted octanol–water partition coefficient (Wildman–Crippen LogP) is 6.66. The molecule has 0 bridgehead atoms. The van der Waals surface area contributed by atoms with Crippen LogP contribution < -0.4 is 25.0 Å². The summed E-state index contributed by atoms with van der Waals surface area (Å²) in [6.45, 7) is 11.0. The van der Waals surface area contributed by atoms with Crippen molar-refractivity contribution in [3.8, 4) is 0 Å². The summed E-state index contributed by atoms with van der Waals surface area (Å²) in [5.41, 5.74) is 13.5. The molecule has 0 spiro atoms. The van der Waals surface area contributed by atoms with E-state index in [1.54, 1.807) is 24.3 Å². The number of phosphoric acid groups is 3. The van der Waals surface area contributed by atoms with Crippen molar-refractivity contribution in [1.82, 2.24) is 34.7 Å². The number of fused-ring (bicyclic) bond motifs is 8. The first-order valence-corrected chi connectivity index (χ1v) is 36.4. The molecular formula is C65H82N10O19P3+. The van der Waals surface area contributed by atoms with Gasteiger partial charge in [0.1, 0.15) is 61.1 Å². The number of allylic oxidation sites excluding steroid dienone is 4. The molecule has 6 heterocycles. The second kappa shape index (κ2) is 32.2. The van der Waals surface area contributed by atoms with Gasteiger partial charge in [-0.2, -0.15) is 32.6 Å². The Kier molecular flexibility index (Phi) is 23.9. The lowest BCUT2D eigenvalue weighted by Crippen LogP contribution is -2.32. The minimum atomic E-state index is -4.88. The number of para-hydroxylation sites is 1. The van der Waals surface area contributed by atoms with Gasteiger partial charge in [-0.3, -0.25) is 13.6 Å². The molecule has 3 aliphatic rings. The Labute approximate surface area is 561 Å². The molecule has 5 aromatic carbocycles. The maximum absolute atomic E-state index is 13.2. The number of imidazole rings is 1. The first-order chi connectivity index (χ1) is 46.7. The molecule has 1 fully saturated rings. The van der Waals surface area contributed by atoms with Gasteiger partial charge in [-0.25, -0.2) is 19.5 Å². The molecule has 0 amide bonds. The van der Waals surface area contributed by atoms with Crippen LogP contribution >= 0.6 is 24.2 Å². The van der Waals surface area contributed by atoms with Crippen LogP contribution in [0.2, 0.25) is 0 Å². The maximum atomic E-state index is 13.2. The van der Waals surface area contributed by atoms with Crippen LogP contribution in [0.25, 0.3) is 43.7 Å². The number of nitrogens with zero attached hydrogens (tertiary/aromatic N) is 9. The first kappa shape index (κ1) is 71.8. The summed E-state index contributed by atoms with van der Waals surface area (Å²) in [5.74, 6) is 0.116. The van der Waals surface area contributed by atoms with E-state index in [1.807, 2.05) is 6.07 Å². The van der Waals surface area contributed by atoms with Crippen LogP contribution in [0.3, 0.4) is 0 Å². The number of aliphatic hydroxyl groups is 1. The molecule has 3 aliphatic heterocycles. The van der Waals surface area contributed by atoms with E-state index in [9.17, 15) is 34.1 Å². The van der Waals surface area contributed by atoms with Gasteiger partial charge in [0, 0.05) is 60.5 Å². The van der Waals surface area contributed by atoms with Crippen LogP contribution in [-0.4, -0.2) is 189 Å². The van der Waals surface area contributed by atoms with Gasteiger partial charge in [0.25, 0.3) is 0 Å². The van der Waals surface area contributed by atoms with Gasteiger partial charge in [-0.15, -0.1) is 5.10 Å². The maximum Gasteiger partial charge on any atom is 0.472 e. The molecule has 3 aromatic heterocycles. The van der Waals surface area contributed by atoms with Crippen LogP contribution in [0.1, 0.15) is 64.3 Å². The van der Waals surface area contributed by atoms with Gasteiger partial charge in [0.2, 0.25) is 5.69 Å². The lowest BCUT2D eigenvalue weighted by molar-refractivity contribution is -0.438. The molecule has 6 atom stereocenters. The number of phosphoric ester groups is 3. The molecule has 6 N–H and O–H groups in total. The van der Waals surface area contributed by atoms with Gasteiger partial charge in [0.15, 0.2) is 23.7 Å². The van der Waals surface area contributed by atoms with Crippen molar-refractivity contribution in [1.29, 1.82) is 0 Å². The Morgan fingerprint density at radius 2 is 1.36 bits per heavy atom. The molecular weight excluding hydrogens is 1320 g/mol. The summed E-state index contributed by atoms with van der Waals surface area (Å²) in [4.78, 5) is 73.5. The monoisotopic (exact) mass is 1400 g/mol. The normalized spacial score (nSPS) is 19.8. The summed E-state index contributed by atoms with van der Waals surface area (Å²) in [7, 11) is -14.0. The van der Waals surface area contributed by atoms with E-state index in [4.69, 9.17) is 61.4 Å². The fraction of sp³-hybridized carbons (Fsp3) is 0.446. The van der Waals surface area contributed by atoms with Crippen molar-refractivity contribution in [2.45, 2.75) is 76.2 Å². The number of nitrogen functional groups attached to an aromatic ring is 1. The van der Waals surface area contributed by atoms with Crippen molar-refractivity contribution in [2.75, 3.05) is 123 Å². The molecule has 32 heteroatoms. The fourth-order valence-corrected chi connectivity index (χ4v) is 14.8. The number of ether oxygens (including phenoxy) is 6. The van der Waals surface area contributed by atoms with Crippen molar-refractivity contribution in [2.24, 2.45) is 0 Å². The van der Waals surface area contributed by atoms with Gasteiger partial charge >= 0.3 is 24.2 Å². The highest BCUT2D eigenvalue weighted by Crippen LogP contribution is 2.53. The highest BCUT2D eigenvalue weighted by Gasteiger charge is 2.48. The summed E-state index contributed by atoms with van der Waals surface area (Å²) in [6, 6.07) is 32.1. The zero-order chi connectivity index (χ0) is 68.2. The molecule has 97 heavy (non-hydrogen) atoms. The largest absolute Gasteiger partial charge is 0.606 e. The SMILES string of the molecule is CC1(C)C(=CC=CC2=[N+](CCCO[P+]([O-])(O)OCCOCCOCCOCCOCCOCCOP(=O)(O)O[C@H]3C[C@H](n4cnc5c(N)ncnc54)O[C@@H]3CO[P+]([O-])(O)On3nnc4ccccc43)c3ccc4ccccc4c3C2(C)C)N(CCCO)c2ccc3ccccc3c21. The lowest BCUT2D eigenvalue weighted by atomic mass is 9.79. The first-order valence-electron chi connectivity index (χ1n) is 31.9. The van der Waals surface area contributed by atoms with E-state index in [1.165, 1.54) is 44.5 Å². The number of benzene rings is 5. The molecule has 1 saturated heterocycles. The molecule has 3 unspecified atom stereocenters. The van der Waals surface area contributed by atoms with Crippen LogP contribution in [0.15, 0.2) is 134 Å². The van der Waals surface area contributed by atoms with Crippen molar-refractivity contribution in [3.63, 3.8) is 0 Å². The van der Waals surface area contributed by atoms with E-state index in [0.717, 1.165) is 33.0 Å². The fourth-order valence-electron chi connectivity index (χ4n) is 12.5. The zero-order valence-electron chi connectivity index (χ0n) is 54.4. The second-order valence-corrected chi connectivity index (χ2v) is 28.2. The number of aromatic nitrogens is 7. The van der Waals surface area contributed by atoms with Crippen LogP contribution in [-0.2, 0) is 66.4 Å². The third-order valence-corrected chi connectivity index (χ3v) is 19.7. The molecule has 29 nitrogen and oxygen atoms in total. The molecule has 520 valence electrons. The second-order valence-electron chi connectivity index (χ2n) is 24.0. The van der Waals surface area contributed by atoms with Crippen molar-refractivity contribution >= 4 is 90.8 Å². The number of hydrogen-bond donors (Lipinski definition) is 5. The van der Waals surface area contributed by atoms with Crippen molar-refractivity contribution < 1.29 is 94.4 Å². The van der Waals surface area contributed by atoms with Crippen LogP contribution in [0, 0.1) is 0 Å². The molecule has 0 radical (unpaired) electrons. The van der Waals surface area contributed by atoms with E-state index in [2.05, 4.69) is 147 Å². The Bertz CT molecular complexity index is 4130. The minimum Gasteiger partial charge on any atom is -0.606 e. The zero-order valence-corrected chi connectivity index (χ0v) is 57.0. The quantitative estimate of drug-likeness (QED) is 0.0153. The third-order valence-electron chi connectivity index (χ3n) is 16.8. The topological polar surface area (TPSA) is 361 Å².